The largest absolute Gasteiger partial charge is 0.391 e. The van der Waals surface area contributed by atoms with Crippen LogP contribution in [0.5, 0.6) is 0 Å². The summed E-state index contributed by atoms with van der Waals surface area (Å²) in [6, 6.07) is 5.64. The minimum atomic E-state index is -3.69. The predicted molar refractivity (Wildman–Crippen MR) is 99.9 cm³/mol. The van der Waals surface area contributed by atoms with Gasteiger partial charge in [0.15, 0.2) is 5.13 Å². The van der Waals surface area contributed by atoms with Crippen LogP contribution < -0.4 is 5.32 Å². The fraction of sp³-hybridized carbons (Fsp3) is 0.444. The average Bonchev–Trinajstić information content (AvgIpc) is 3.39. The summed E-state index contributed by atoms with van der Waals surface area (Å²) in [4.78, 5) is 16.4. The van der Waals surface area contributed by atoms with Crippen LogP contribution in [0.4, 0.5) is 5.13 Å². The number of hydrogen-bond donors (Lipinski definition) is 2. The number of carbonyl (C=O) groups excluding carboxylic acids is 1. The third kappa shape index (κ3) is 2.64. The number of rotatable bonds is 4. The lowest BCUT2D eigenvalue weighted by Gasteiger charge is -2.28. The molecule has 2 bridgehead atoms. The molecule has 1 aromatic heterocycles. The fourth-order valence-electron chi connectivity index (χ4n) is 5.00. The molecule has 27 heavy (non-hydrogen) atoms. The molecule has 3 fully saturated rings. The SMILES string of the molecule is O=C(Nc1nccs1)c1ccc(S(=O)(=O)N2C[C@@H]3C[C@H]4C[C@H]3[C@@H]2[C@@H]4O)cc1. The molecule has 3 aliphatic rings. The van der Waals surface area contributed by atoms with Gasteiger partial charge in [-0.3, -0.25) is 10.1 Å². The van der Waals surface area contributed by atoms with E-state index in [-0.39, 0.29) is 28.7 Å². The first-order chi connectivity index (χ1) is 12.9. The van der Waals surface area contributed by atoms with E-state index in [0.29, 0.717) is 23.2 Å². The zero-order chi connectivity index (χ0) is 18.8. The van der Waals surface area contributed by atoms with E-state index in [4.69, 9.17) is 0 Å². The van der Waals surface area contributed by atoms with Crippen LogP contribution in [0.3, 0.4) is 0 Å². The summed E-state index contributed by atoms with van der Waals surface area (Å²) in [5, 5.41) is 15.4. The Hall–Kier alpha value is -1.81. The van der Waals surface area contributed by atoms with Crippen LogP contribution in [0, 0.1) is 17.8 Å². The van der Waals surface area contributed by atoms with Gasteiger partial charge in [0.2, 0.25) is 10.0 Å². The summed E-state index contributed by atoms with van der Waals surface area (Å²) in [7, 11) is -3.69. The monoisotopic (exact) mass is 405 g/mol. The third-order valence-corrected chi connectivity index (χ3v) is 8.75. The highest BCUT2D eigenvalue weighted by Crippen LogP contribution is 2.56. The van der Waals surface area contributed by atoms with Crippen LogP contribution in [0.25, 0.3) is 0 Å². The number of aliphatic hydroxyl groups excluding tert-OH is 1. The normalized spacial score (nSPS) is 32.1. The van der Waals surface area contributed by atoms with E-state index in [0.717, 1.165) is 12.8 Å². The third-order valence-electron chi connectivity index (χ3n) is 6.18. The van der Waals surface area contributed by atoms with Gasteiger partial charge in [0.05, 0.1) is 17.0 Å². The molecule has 2 heterocycles. The molecule has 2 aliphatic carbocycles. The predicted octanol–water partition coefficient (Wildman–Crippen LogP) is 1.79. The van der Waals surface area contributed by atoms with Crippen molar-refractivity contribution in [2.24, 2.45) is 17.8 Å². The number of thiazole rings is 1. The van der Waals surface area contributed by atoms with Gasteiger partial charge < -0.3 is 5.11 Å². The Bertz CT molecular complexity index is 973. The Labute approximate surface area is 161 Å². The second kappa shape index (κ2) is 6.10. The summed E-state index contributed by atoms with van der Waals surface area (Å²) in [6.07, 6.45) is 2.89. The molecule has 142 valence electrons. The maximum atomic E-state index is 13.1. The van der Waals surface area contributed by atoms with Gasteiger partial charge in [-0.15, -0.1) is 11.3 Å². The van der Waals surface area contributed by atoms with E-state index in [2.05, 4.69) is 10.3 Å². The molecule has 1 amide bonds. The van der Waals surface area contributed by atoms with Crippen LogP contribution in [0.2, 0.25) is 0 Å². The molecule has 0 unspecified atom stereocenters. The summed E-state index contributed by atoms with van der Waals surface area (Å²) >= 11 is 1.31. The average molecular weight is 406 g/mol. The van der Waals surface area contributed by atoms with Gasteiger partial charge in [0.1, 0.15) is 0 Å². The molecule has 7 nitrogen and oxygen atoms in total. The van der Waals surface area contributed by atoms with Gasteiger partial charge in [-0.05, 0) is 54.9 Å². The van der Waals surface area contributed by atoms with Crippen LogP contribution >= 0.6 is 11.3 Å². The Morgan fingerprint density at radius 1 is 1.22 bits per heavy atom. The minimum absolute atomic E-state index is 0.158. The summed E-state index contributed by atoms with van der Waals surface area (Å²) in [5.41, 5.74) is 0.367. The van der Waals surface area contributed by atoms with Crippen LogP contribution in [-0.4, -0.2) is 47.4 Å². The van der Waals surface area contributed by atoms with Crippen LogP contribution in [0.1, 0.15) is 23.2 Å². The lowest BCUT2D eigenvalue weighted by Crippen LogP contribution is -2.43. The van der Waals surface area contributed by atoms with Gasteiger partial charge in [0.25, 0.3) is 5.91 Å². The first kappa shape index (κ1) is 17.3. The molecule has 2 aromatic rings. The quantitative estimate of drug-likeness (QED) is 0.808. The molecule has 5 atom stereocenters. The number of fused-ring (bicyclic) bond motifs is 1. The number of aliphatic hydroxyl groups is 1. The van der Waals surface area contributed by atoms with E-state index in [1.165, 1.54) is 39.9 Å². The maximum Gasteiger partial charge on any atom is 0.257 e. The van der Waals surface area contributed by atoms with Crippen molar-refractivity contribution in [2.75, 3.05) is 11.9 Å². The topological polar surface area (TPSA) is 99.6 Å². The fourth-order valence-corrected chi connectivity index (χ4v) is 7.27. The van der Waals surface area contributed by atoms with Gasteiger partial charge in [-0.2, -0.15) is 4.31 Å². The number of carbonyl (C=O) groups is 1. The van der Waals surface area contributed by atoms with Crippen molar-refractivity contribution in [3.63, 3.8) is 0 Å². The summed E-state index contributed by atoms with van der Waals surface area (Å²) in [6.45, 7) is 0.484. The Morgan fingerprint density at radius 2 is 2.00 bits per heavy atom. The first-order valence-electron chi connectivity index (χ1n) is 8.96. The number of nitrogens with one attached hydrogen (secondary N) is 1. The second-order valence-corrected chi connectivity index (χ2v) is 10.3. The molecule has 9 heteroatoms. The number of benzene rings is 1. The molecule has 1 aliphatic heterocycles. The van der Waals surface area contributed by atoms with Crippen LogP contribution in [0.15, 0.2) is 40.7 Å². The van der Waals surface area contributed by atoms with Crippen molar-refractivity contribution in [1.82, 2.24) is 9.29 Å². The Morgan fingerprint density at radius 3 is 2.67 bits per heavy atom. The number of sulfonamides is 1. The molecule has 2 saturated carbocycles. The lowest BCUT2D eigenvalue weighted by atomic mass is 9.88. The zero-order valence-corrected chi connectivity index (χ0v) is 16.0. The van der Waals surface area contributed by atoms with Crippen molar-refractivity contribution in [2.45, 2.75) is 29.9 Å². The number of anilines is 1. The maximum absolute atomic E-state index is 13.1. The molecule has 1 aromatic carbocycles. The van der Waals surface area contributed by atoms with Gasteiger partial charge >= 0.3 is 0 Å². The Kier molecular flexibility index (Phi) is 3.91. The molecule has 1 saturated heterocycles. The van der Waals surface area contributed by atoms with Crippen molar-refractivity contribution in [3.05, 3.63) is 41.4 Å². The zero-order valence-electron chi connectivity index (χ0n) is 14.4. The van der Waals surface area contributed by atoms with E-state index in [1.807, 2.05) is 0 Å². The molecule has 0 radical (unpaired) electrons. The van der Waals surface area contributed by atoms with E-state index >= 15 is 0 Å². The highest BCUT2D eigenvalue weighted by Gasteiger charge is 2.61. The van der Waals surface area contributed by atoms with Crippen molar-refractivity contribution >= 4 is 32.4 Å². The number of hydrogen-bond acceptors (Lipinski definition) is 6. The van der Waals surface area contributed by atoms with E-state index in [9.17, 15) is 18.3 Å². The second-order valence-electron chi connectivity index (χ2n) is 7.53. The van der Waals surface area contributed by atoms with Crippen molar-refractivity contribution in [3.8, 4) is 0 Å². The Balaban J connectivity index is 1.37. The highest BCUT2D eigenvalue weighted by molar-refractivity contribution is 7.89. The van der Waals surface area contributed by atoms with Gasteiger partial charge in [-0.1, -0.05) is 0 Å². The summed E-state index contributed by atoms with van der Waals surface area (Å²) in [5.74, 6) is 0.550. The van der Waals surface area contributed by atoms with Gasteiger partial charge in [0, 0.05) is 23.7 Å². The van der Waals surface area contributed by atoms with Crippen molar-refractivity contribution < 1.29 is 18.3 Å². The van der Waals surface area contributed by atoms with Crippen LogP contribution in [-0.2, 0) is 10.0 Å². The molecule has 0 spiro atoms. The van der Waals surface area contributed by atoms with Gasteiger partial charge in [-0.25, -0.2) is 13.4 Å². The highest BCUT2D eigenvalue weighted by atomic mass is 32.2. The number of amides is 1. The summed E-state index contributed by atoms with van der Waals surface area (Å²) < 4.78 is 27.8. The van der Waals surface area contributed by atoms with Crippen molar-refractivity contribution in [1.29, 1.82) is 0 Å². The smallest absolute Gasteiger partial charge is 0.257 e. The number of aromatic nitrogens is 1. The molecule has 2 N–H and O–H groups in total. The molecular weight excluding hydrogens is 386 g/mol. The van der Waals surface area contributed by atoms with E-state index < -0.39 is 16.1 Å². The first-order valence-corrected chi connectivity index (χ1v) is 11.3. The number of nitrogens with zero attached hydrogens (tertiary/aromatic N) is 2. The standard InChI is InChI=1S/C18H19N3O4S2/c22-16-11-7-12-9-21(15(16)14(12)8-11)27(24,25)13-3-1-10(2-4-13)17(23)20-18-19-5-6-26-18/h1-6,11-12,14-16,22H,7-9H2,(H,19,20,23)/t11-,12-,14+,15+,16+/m0/s1. The van der Waals surface area contributed by atoms with E-state index in [1.54, 1.807) is 11.6 Å². The molecule has 5 rings (SSSR count). The minimum Gasteiger partial charge on any atom is -0.391 e. The lowest BCUT2D eigenvalue weighted by molar-refractivity contribution is 0.0731. The molecular formula is C18H19N3O4S2.